The fourth-order valence-electron chi connectivity index (χ4n) is 3.33. The maximum atomic E-state index is 12.8. The number of rotatable bonds is 6. The van der Waals surface area contributed by atoms with Crippen LogP contribution in [0.4, 0.5) is 0 Å². The Morgan fingerprint density at radius 1 is 1.10 bits per heavy atom. The minimum Gasteiger partial charge on any atom is -0.493 e. The quantitative estimate of drug-likeness (QED) is 0.367. The molecule has 1 heterocycles. The van der Waals surface area contributed by atoms with E-state index in [1.165, 1.54) is 0 Å². The van der Waals surface area contributed by atoms with Gasteiger partial charge >= 0.3 is 0 Å². The number of nitrogens with zero attached hydrogens (tertiary/aromatic N) is 2. The molecule has 1 aromatic heterocycles. The smallest absolute Gasteiger partial charge is 0.277 e. The van der Waals surface area contributed by atoms with Gasteiger partial charge < -0.3 is 9.26 Å². The first-order valence-corrected chi connectivity index (χ1v) is 9.68. The average Bonchev–Trinajstić information content (AvgIpc) is 3.17. The van der Waals surface area contributed by atoms with Crippen LogP contribution in [0.2, 0.25) is 0 Å². The van der Waals surface area contributed by atoms with Gasteiger partial charge in [-0.1, -0.05) is 65.8 Å². The predicted octanol–water partition coefficient (Wildman–Crippen LogP) is 4.97. The van der Waals surface area contributed by atoms with Crippen molar-refractivity contribution in [1.29, 1.82) is 0 Å². The summed E-state index contributed by atoms with van der Waals surface area (Å²) in [6.45, 7) is 4.17. The lowest BCUT2D eigenvalue weighted by Crippen LogP contribution is -2.19. The van der Waals surface area contributed by atoms with Gasteiger partial charge in [0.05, 0.1) is 12.8 Å². The van der Waals surface area contributed by atoms with E-state index in [1.54, 1.807) is 13.1 Å². The van der Waals surface area contributed by atoms with Crippen LogP contribution in [0.25, 0.3) is 22.0 Å². The Hall–Kier alpha value is -3.93. The van der Waals surface area contributed by atoms with Crippen LogP contribution < -0.4 is 10.2 Å². The van der Waals surface area contributed by atoms with E-state index in [2.05, 4.69) is 15.7 Å². The van der Waals surface area contributed by atoms with Crippen molar-refractivity contribution >= 4 is 22.9 Å². The zero-order chi connectivity index (χ0) is 20.9. The normalized spacial score (nSPS) is 11.1. The Bertz CT molecular complexity index is 1210. The number of benzene rings is 3. The van der Waals surface area contributed by atoms with E-state index in [1.807, 2.05) is 73.7 Å². The Morgan fingerprint density at radius 2 is 1.87 bits per heavy atom. The number of aryl methyl sites for hydroxylation is 1. The lowest BCUT2D eigenvalue weighted by Gasteiger charge is -2.10. The number of hydrogen-bond donors (Lipinski definition) is 1. The molecule has 0 spiro atoms. The lowest BCUT2D eigenvalue weighted by molar-refractivity contribution is 0.0954. The summed E-state index contributed by atoms with van der Waals surface area (Å²) in [5, 5.41) is 10.3. The third-order valence-corrected chi connectivity index (χ3v) is 4.73. The number of hydrazone groups is 1. The second-order valence-corrected chi connectivity index (χ2v) is 6.66. The van der Waals surface area contributed by atoms with Crippen LogP contribution in [0.3, 0.4) is 0 Å². The number of amides is 1. The van der Waals surface area contributed by atoms with Gasteiger partial charge in [0, 0.05) is 11.1 Å². The average molecular weight is 399 g/mol. The highest BCUT2D eigenvalue weighted by Gasteiger charge is 2.21. The van der Waals surface area contributed by atoms with Crippen molar-refractivity contribution in [2.45, 2.75) is 13.8 Å². The first-order valence-electron chi connectivity index (χ1n) is 9.68. The number of carbonyl (C=O) groups is 1. The summed E-state index contributed by atoms with van der Waals surface area (Å²) in [4.78, 5) is 12.8. The SMILES string of the molecule is CCOc1ccc2ccccc2c1C=NNC(=O)c1c(-c2ccccc2)noc1C. The van der Waals surface area contributed by atoms with Gasteiger partial charge in [0.25, 0.3) is 5.91 Å². The van der Waals surface area contributed by atoms with Crippen LogP contribution in [-0.2, 0) is 0 Å². The van der Waals surface area contributed by atoms with Crippen LogP contribution in [0.15, 0.2) is 76.4 Å². The van der Waals surface area contributed by atoms with Crippen molar-refractivity contribution in [3.63, 3.8) is 0 Å². The molecule has 0 aliphatic carbocycles. The molecule has 0 aliphatic rings. The molecule has 4 aromatic rings. The molecule has 6 heteroatoms. The van der Waals surface area contributed by atoms with E-state index >= 15 is 0 Å². The minimum atomic E-state index is -0.387. The first-order chi connectivity index (χ1) is 14.7. The van der Waals surface area contributed by atoms with Gasteiger partial charge in [-0.3, -0.25) is 4.79 Å². The molecule has 6 nitrogen and oxygen atoms in total. The second-order valence-electron chi connectivity index (χ2n) is 6.66. The molecular weight excluding hydrogens is 378 g/mol. The Morgan fingerprint density at radius 3 is 2.67 bits per heavy atom. The molecule has 4 rings (SSSR count). The molecule has 30 heavy (non-hydrogen) atoms. The lowest BCUT2D eigenvalue weighted by atomic mass is 10.0. The van der Waals surface area contributed by atoms with Gasteiger partial charge in [-0.15, -0.1) is 0 Å². The minimum absolute atomic E-state index is 0.362. The summed E-state index contributed by atoms with van der Waals surface area (Å²) in [5.41, 5.74) is 5.05. The first kappa shape index (κ1) is 19.4. The summed E-state index contributed by atoms with van der Waals surface area (Å²) < 4.78 is 11.0. The molecule has 0 aliphatic heterocycles. The fourth-order valence-corrected chi connectivity index (χ4v) is 3.33. The molecule has 0 fully saturated rings. The van der Waals surface area contributed by atoms with E-state index in [0.717, 1.165) is 21.9 Å². The molecule has 0 unspecified atom stereocenters. The number of carbonyl (C=O) groups excluding carboxylic acids is 1. The summed E-state index contributed by atoms with van der Waals surface area (Å²) in [6, 6.07) is 21.3. The van der Waals surface area contributed by atoms with Gasteiger partial charge in [-0.25, -0.2) is 5.43 Å². The number of nitrogens with one attached hydrogen (secondary N) is 1. The van der Waals surface area contributed by atoms with Crippen molar-refractivity contribution < 1.29 is 14.1 Å². The molecule has 1 amide bonds. The van der Waals surface area contributed by atoms with Crippen LogP contribution in [-0.4, -0.2) is 23.9 Å². The van der Waals surface area contributed by atoms with E-state index in [0.29, 0.717) is 29.4 Å². The van der Waals surface area contributed by atoms with Crippen LogP contribution in [0.5, 0.6) is 5.75 Å². The highest BCUT2D eigenvalue weighted by molar-refractivity contribution is 6.04. The van der Waals surface area contributed by atoms with E-state index in [9.17, 15) is 4.79 Å². The van der Waals surface area contributed by atoms with Gasteiger partial charge in [-0.05, 0) is 30.7 Å². The molecule has 150 valence electrons. The summed E-state index contributed by atoms with van der Waals surface area (Å²) >= 11 is 0. The highest BCUT2D eigenvalue weighted by Crippen LogP contribution is 2.27. The second kappa shape index (κ2) is 8.61. The van der Waals surface area contributed by atoms with Crippen molar-refractivity contribution in [3.05, 3.63) is 83.6 Å². The zero-order valence-corrected chi connectivity index (χ0v) is 16.8. The van der Waals surface area contributed by atoms with Crippen LogP contribution in [0.1, 0.15) is 28.6 Å². The Kier molecular flexibility index (Phi) is 5.57. The molecule has 0 atom stereocenters. The molecule has 0 bridgehead atoms. The monoisotopic (exact) mass is 399 g/mol. The van der Waals surface area contributed by atoms with E-state index < -0.39 is 0 Å². The Balaban J connectivity index is 1.63. The van der Waals surface area contributed by atoms with Gasteiger partial charge in [-0.2, -0.15) is 5.10 Å². The summed E-state index contributed by atoms with van der Waals surface area (Å²) in [6.07, 6.45) is 1.61. The Labute approximate surface area is 174 Å². The van der Waals surface area contributed by atoms with Crippen LogP contribution >= 0.6 is 0 Å². The fraction of sp³-hybridized carbons (Fsp3) is 0.125. The zero-order valence-electron chi connectivity index (χ0n) is 16.8. The largest absolute Gasteiger partial charge is 0.493 e. The maximum absolute atomic E-state index is 12.8. The molecule has 3 aromatic carbocycles. The third-order valence-electron chi connectivity index (χ3n) is 4.73. The molecular formula is C24H21N3O3. The highest BCUT2D eigenvalue weighted by atomic mass is 16.5. The topological polar surface area (TPSA) is 76.7 Å². The molecule has 0 saturated heterocycles. The molecule has 0 saturated carbocycles. The number of hydrogen-bond acceptors (Lipinski definition) is 5. The van der Waals surface area contributed by atoms with Crippen molar-refractivity contribution in [2.24, 2.45) is 5.10 Å². The standard InChI is InChI=1S/C24H21N3O3/c1-3-29-21-14-13-17-9-7-8-12-19(17)20(21)15-25-26-24(28)22-16(2)30-27-23(22)18-10-5-4-6-11-18/h4-15H,3H2,1-2H3,(H,26,28). The molecule has 1 N–H and O–H groups in total. The number of fused-ring (bicyclic) bond motifs is 1. The van der Waals surface area contributed by atoms with Gasteiger partial charge in [0.2, 0.25) is 0 Å². The van der Waals surface area contributed by atoms with Crippen molar-refractivity contribution in [1.82, 2.24) is 10.6 Å². The number of aromatic nitrogens is 1. The third kappa shape index (κ3) is 3.80. The van der Waals surface area contributed by atoms with Crippen molar-refractivity contribution in [3.8, 4) is 17.0 Å². The summed E-state index contributed by atoms with van der Waals surface area (Å²) in [5.74, 6) is 0.754. The molecule has 0 radical (unpaired) electrons. The van der Waals surface area contributed by atoms with Crippen LogP contribution in [0, 0.1) is 6.92 Å². The predicted molar refractivity (Wildman–Crippen MR) is 117 cm³/mol. The summed E-state index contributed by atoms with van der Waals surface area (Å²) in [7, 11) is 0. The van der Waals surface area contributed by atoms with E-state index in [4.69, 9.17) is 9.26 Å². The van der Waals surface area contributed by atoms with Gasteiger partial charge in [0.1, 0.15) is 22.8 Å². The van der Waals surface area contributed by atoms with Crippen molar-refractivity contribution in [2.75, 3.05) is 6.61 Å². The maximum Gasteiger partial charge on any atom is 0.277 e. The van der Waals surface area contributed by atoms with Gasteiger partial charge in [0.15, 0.2) is 0 Å². The van der Waals surface area contributed by atoms with E-state index in [-0.39, 0.29) is 5.91 Å². The number of ether oxygens (including phenoxy) is 1.